The number of hydrogen-bond donors (Lipinski definition) is 1. The van der Waals surface area contributed by atoms with Crippen molar-refractivity contribution < 1.29 is 9.18 Å². The van der Waals surface area contributed by atoms with Crippen molar-refractivity contribution in [1.82, 2.24) is 19.7 Å². The molecular weight excluding hydrogens is 347 g/mol. The summed E-state index contributed by atoms with van der Waals surface area (Å²) in [4.78, 5) is 25.3. The minimum absolute atomic E-state index is 0.0255. The van der Waals surface area contributed by atoms with Gasteiger partial charge in [0, 0.05) is 31.1 Å². The molecule has 1 fully saturated rings. The van der Waals surface area contributed by atoms with Crippen LogP contribution >= 0.6 is 0 Å². The number of nitrogens with zero attached hydrogens (tertiary/aromatic N) is 3. The van der Waals surface area contributed by atoms with Gasteiger partial charge in [0.2, 0.25) is 5.91 Å². The molecule has 0 spiro atoms. The standard InChI is InChI=1S/C20H25FN4O2/c1-2-12-25-19(27)24-13-9-14(7-8-17(24)23-25)22-18(26)20(10-11-20)15-5-3-4-6-16(15)21/h3-6,14H,2,7-13H2,1H3,(H,22,26). The monoisotopic (exact) mass is 372 g/mol. The molecule has 2 aromatic rings. The zero-order chi connectivity index (χ0) is 19.0. The fraction of sp³-hybridized carbons (Fsp3) is 0.550. The summed E-state index contributed by atoms with van der Waals surface area (Å²) < 4.78 is 17.4. The maximum absolute atomic E-state index is 14.2. The van der Waals surface area contributed by atoms with E-state index in [1.165, 1.54) is 10.7 Å². The number of carbonyl (C=O) groups excluding carboxylic acids is 1. The van der Waals surface area contributed by atoms with E-state index in [0.29, 0.717) is 44.3 Å². The third-order valence-electron chi connectivity index (χ3n) is 5.76. The van der Waals surface area contributed by atoms with Gasteiger partial charge in [0.05, 0.1) is 5.41 Å². The summed E-state index contributed by atoms with van der Waals surface area (Å²) in [6.45, 7) is 3.20. The fourth-order valence-electron chi connectivity index (χ4n) is 4.05. The molecule has 144 valence electrons. The van der Waals surface area contributed by atoms with Crippen LogP contribution in [0.3, 0.4) is 0 Å². The third kappa shape index (κ3) is 3.19. The molecule has 1 aliphatic carbocycles. The van der Waals surface area contributed by atoms with E-state index in [-0.39, 0.29) is 23.5 Å². The van der Waals surface area contributed by atoms with E-state index >= 15 is 0 Å². The van der Waals surface area contributed by atoms with Crippen molar-refractivity contribution in [3.8, 4) is 0 Å². The highest BCUT2D eigenvalue weighted by atomic mass is 19.1. The van der Waals surface area contributed by atoms with E-state index in [9.17, 15) is 14.0 Å². The molecule has 7 heteroatoms. The molecule has 1 atom stereocenters. The van der Waals surface area contributed by atoms with Crippen LogP contribution in [0.4, 0.5) is 4.39 Å². The summed E-state index contributed by atoms with van der Waals surface area (Å²) in [5, 5.41) is 7.55. The number of nitrogens with one attached hydrogen (secondary N) is 1. The summed E-state index contributed by atoms with van der Waals surface area (Å²) in [6.07, 6.45) is 4.30. The highest BCUT2D eigenvalue weighted by Crippen LogP contribution is 2.49. The summed E-state index contributed by atoms with van der Waals surface area (Å²) in [5.74, 6) is 0.378. The average molecular weight is 372 g/mol. The van der Waals surface area contributed by atoms with Gasteiger partial charge in [0.25, 0.3) is 0 Å². The van der Waals surface area contributed by atoms with Crippen molar-refractivity contribution in [2.45, 2.75) is 70.0 Å². The van der Waals surface area contributed by atoms with Crippen molar-refractivity contribution >= 4 is 5.91 Å². The summed E-state index contributed by atoms with van der Waals surface area (Å²) in [6, 6.07) is 6.51. The van der Waals surface area contributed by atoms with Crippen molar-refractivity contribution in [3.05, 3.63) is 52.0 Å². The molecule has 0 bridgehead atoms. The predicted molar refractivity (Wildman–Crippen MR) is 99.0 cm³/mol. The first-order valence-electron chi connectivity index (χ1n) is 9.77. The lowest BCUT2D eigenvalue weighted by Gasteiger charge is -2.22. The summed E-state index contributed by atoms with van der Waals surface area (Å²) >= 11 is 0. The maximum Gasteiger partial charge on any atom is 0.345 e. The number of aryl methyl sites for hydroxylation is 2. The molecule has 1 N–H and O–H groups in total. The fourth-order valence-corrected chi connectivity index (χ4v) is 4.05. The number of benzene rings is 1. The van der Waals surface area contributed by atoms with Gasteiger partial charge >= 0.3 is 5.69 Å². The van der Waals surface area contributed by atoms with Crippen molar-refractivity contribution in [3.63, 3.8) is 0 Å². The Labute approximate surface area is 157 Å². The molecule has 0 saturated heterocycles. The van der Waals surface area contributed by atoms with Gasteiger partial charge in [-0.2, -0.15) is 5.10 Å². The smallest absolute Gasteiger partial charge is 0.345 e. The first-order chi connectivity index (χ1) is 13.0. The quantitative estimate of drug-likeness (QED) is 0.874. The van der Waals surface area contributed by atoms with Crippen LogP contribution in [0.2, 0.25) is 0 Å². The number of carbonyl (C=O) groups is 1. The molecular formula is C20H25FN4O2. The predicted octanol–water partition coefficient (Wildman–Crippen LogP) is 2.15. The van der Waals surface area contributed by atoms with Crippen LogP contribution < -0.4 is 11.0 Å². The SMILES string of the molecule is CCCn1nc2n(c1=O)CCC(NC(=O)C1(c3ccccc3F)CC1)CC2. The Hall–Kier alpha value is -2.44. The second-order valence-electron chi connectivity index (χ2n) is 7.63. The van der Waals surface area contributed by atoms with Gasteiger partial charge in [-0.3, -0.25) is 9.36 Å². The Morgan fingerprint density at radius 1 is 1.33 bits per heavy atom. The first kappa shape index (κ1) is 17.9. The van der Waals surface area contributed by atoms with Crippen LogP contribution in [0.25, 0.3) is 0 Å². The van der Waals surface area contributed by atoms with E-state index in [1.807, 2.05) is 6.92 Å². The van der Waals surface area contributed by atoms with Crippen molar-refractivity contribution in [2.75, 3.05) is 0 Å². The minimum atomic E-state index is -0.723. The van der Waals surface area contributed by atoms with E-state index in [2.05, 4.69) is 10.4 Å². The van der Waals surface area contributed by atoms with Gasteiger partial charge in [0.15, 0.2) is 0 Å². The van der Waals surface area contributed by atoms with Gasteiger partial charge in [-0.05, 0) is 38.2 Å². The molecule has 0 radical (unpaired) electrons. The number of halogens is 1. The third-order valence-corrected chi connectivity index (χ3v) is 5.76. The van der Waals surface area contributed by atoms with E-state index in [0.717, 1.165) is 18.7 Å². The minimum Gasteiger partial charge on any atom is -0.353 e. The van der Waals surface area contributed by atoms with E-state index in [1.54, 1.807) is 22.8 Å². The molecule has 1 aromatic carbocycles. The van der Waals surface area contributed by atoms with Gasteiger partial charge in [-0.1, -0.05) is 25.1 Å². The zero-order valence-electron chi connectivity index (χ0n) is 15.6. The van der Waals surface area contributed by atoms with E-state index in [4.69, 9.17) is 0 Å². The molecule has 2 aliphatic rings. The van der Waals surface area contributed by atoms with Crippen LogP contribution in [-0.4, -0.2) is 26.3 Å². The number of aromatic nitrogens is 3. The molecule has 1 aromatic heterocycles. The molecule has 1 unspecified atom stereocenters. The second kappa shape index (κ2) is 6.94. The number of rotatable bonds is 5. The number of amides is 1. The molecule has 27 heavy (non-hydrogen) atoms. The van der Waals surface area contributed by atoms with Crippen molar-refractivity contribution in [1.29, 1.82) is 0 Å². The van der Waals surface area contributed by atoms with E-state index < -0.39 is 5.41 Å². The average Bonchev–Trinajstić information content (AvgIpc) is 3.43. The number of fused-ring (bicyclic) bond motifs is 1. The van der Waals surface area contributed by atoms with Gasteiger partial charge in [-0.25, -0.2) is 13.9 Å². The van der Waals surface area contributed by atoms with Crippen LogP contribution in [0.15, 0.2) is 29.1 Å². The van der Waals surface area contributed by atoms with Crippen molar-refractivity contribution in [2.24, 2.45) is 0 Å². The molecule has 4 rings (SSSR count). The van der Waals surface area contributed by atoms with Crippen LogP contribution in [-0.2, 0) is 29.7 Å². The van der Waals surface area contributed by atoms with Gasteiger partial charge in [0.1, 0.15) is 11.6 Å². The van der Waals surface area contributed by atoms with Crippen LogP contribution in [0.1, 0.15) is 50.4 Å². The first-order valence-corrected chi connectivity index (χ1v) is 9.77. The van der Waals surface area contributed by atoms with Crippen LogP contribution in [0, 0.1) is 5.82 Å². The maximum atomic E-state index is 14.2. The Kier molecular flexibility index (Phi) is 4.61. The largest absolute Gasteiger partial charge is 0.353 e. The topological polar surface area (TPSA) is 68.9 Å². The highest BCUT2D eigenvalue weighted by Gasteiger charge is 2.53. The van der Waals surface area contributed by atoms with Crippen LogP contribution in [0.5, 0.6) is 0 Å². The zero-order valence-corrected chi connectivity index (χ0v) is 15.6. The molecule has 1 amide bonds. The lowest BCUT2D eigenvalue weighted by Crippen LogP contribution is -2.42. The molecule has 1 aliphatic heterocycles. The Morgan fingerprint density at radius 2 is 2.11 bits per heavy atom. The second-order valence-corrected chi connectivity index (χ2v) is 7.63. The summed E-state index contributed by atoms with van der Waals surface area (Å²) in [7, 11) is 0. The Morgan fingerprint density at radius 3 is 2.81 bits per heavy atom. The normalized spacial score (nSPS) is 20.6. The Bertz CT molecular complexity index is 913. The molecule has 1 saturated carbocycles. The number of hydrogen-bond acceptors (Lipinski definition) is 3. The van der Waals surface area contributed by atoms with Gasteiger partial charge < -0.3 is 5.32 Å². The molecule has 6 nitrogen and oxygen atoms in total. The lowest BCUT2D eigenvalue weighted by molar-refractivity contribution is -0.124. The highest BCUT2D eigenvalue weighted by molar-refractivity contribution is 5.91. The molecule has 2 heterocycles. The lowest BCUT2D eigenvalue weighted by atomic mass is 9.93. The van der Waals surface area contributed by atoms with Gasteiger partial charge in [-0.15, -0.1) is 0 Å². The summed E-state index contributed by atoms with van der Waals surface area (Å²) in [5.41, 5.74) is -0.297. The Balaban J connectivity index is 1.45.